The van der Waals surface area contributed by atoms with Crippen LogP contribution < -0.4 is 5.32 Å². The average molecular weight is 363 g/mol. The van der Waals surface area contributed by atoms with Crippen LogP contribution in [0.5, 0.6) is 5.75 Å². The van der Waals surface area contributed by atoms with E-state index in [-0.39, 0.29) is 0 Å². The molecule has 0 saturated heterocycles. The van der Waals surface area contributed by atoms with Crippen molar-refractivity contribution in [3.8, 4) is 5.75 Å². The second-order valence-corrected chi connectivity index (χ2v) is 6.48. The second kappa shape index (κ2) is 5.61. The highest BCUT2D eigenvalue weighted by atomic mass is 79.9. The molecule has 17 heavy (non-hydrogen) atoms. The van der Waals surface area contributed by atoms with Gasteiger partial charge >= 0.3 is 0 Å². The molecule has 2 N–H and O–H groups in total. The maximum absolute atomic E-state index is 9.99. The van der Waals surface area contributed by atoms with E-state index in [0.717, 1.165) is 27.0 Å². The zero-order chi connectivity index (χ0) is 12.4. The molecule has 1 fully saturated rings. The third kappa shape index (κ3) is 3.62. The SMILES string of the molecule is CCC(CC1CC1)Nc1cc(Br)cc(Br)c1O. The van der Waals surface area contributed by atoms with Crippen LogP contribution in [-0.2, 0) is 0 Å². The van der Waals surface area contributed by atoms with Crippen LogP contribution in [-0.4, -0.2) is 11.1 Å². The van der Waals surface area contributed by atoms with Crippen LogP contribution in [0.3, 0.4) is 0 Å². The zero-order valence-corrected chi connectivity index (χ0v) is 13.0. The molecule has 1 unspecified atom stereocenters. The Balaban J connectivity index is 2.09. The van der Waals surface area contributed by atoms with E-state index in [2.05, 4.69) is 44.1 Å². The Hall–Kier alpha value is -0.220. The molecule has 1 saturated carbocycles. The van der Waals surface area contributed by atoms with Crippen molar-refractivity contribution >= 4 is 37.5 Å². The number of nitrogens with one attached hydrogen (secondary N) is 1. The van der Waals surface area contributed by atoms with Gasteiger partial charge in [0, 0.05) is 10.5 Å². The Labute approximate surface area is 119 Å². The molecule has 0 heterocycles. The third-order valence-corrected chi connectivity index (χ3v) is 4.26. The van der Waals surface area contributed by atoms with E-state index in [1.54, 1.807) is 0 Å². The first kappa shape index (κ1) is 13.2. The molecule has 4 heteroatoms. The fraction of sp³-hybridized carbons (Fsp3) is 0.538. The lowest BCUT2D eigenvalue weighted by molar-refractivity contribution is 0.471. The molecule has 1 atom stereocenters. The van der Waals surface area contributed by atoms with E-state index in [9.17, 15) is 5.11 Å². The molecule has 94 valence electrons. The highest BCUT2D eigenvalue weighted by Crippen LogP contribution is 2.38. The number of anilines is 1. The summed E-state index contributed by atoms with van der Waals surface area (Å²) in [5.41, 5.74) is 0.804. The monoisotopic (exact) mass is 361 g/mol. The van der Waals surface area contributed by atoms with Gasteiger partial charge in [-0.2, -0.15) is 0 Å². The molecule has 0 aromatic heterocycles. The summed E-state index contributed by atoms with van der Waals surface area (Å²) in [5.74, 6) is 1.19. The first-order chi connectivity index (χ1) is 8.10. The van der Waals surface area contributed by atoms with Crippen LogP contribution in [0.15, 0.2) is 21.1 Å². The molecule has 2 rings (SSSR count). The van der Waals surface area contributed by atoms with Crippen molar-refractivity contribution in [1.82, 2.24) is 0 Å². The lowest BCUT2D eigenvalue weighted by atomic mass is 10.1. The number of hydrogen-bond acceptors (Lipinski definition) is 2. The quantitative estimate of drug-likeness (QED) is 0.729. The number of aromatic hydroxyl groups is 1. The van der Waals surface area contributed by atoms with Crippen LogP contribution >= 0.6 is 31.9 Å². The molecule has 0 bridgehead atoms. The predicted molar refractivity (Wildman–Crippen MR) is 78.5 cm³/mol. The highest BCUT2D eigenvalue weighted by molar-refractivity contribution is 9.11. The number of phenols is 1. The lowest BCUT2D eigenvalue weighted by Gasteiger charge is -2.19. The molecule has 2 nitrogen and oxygen atoms in total. The van der Waals surface area contributed by atoms with E-state index in [4.69, 9.17) is 0 Å². The summed E-state index contributed by atoms with van der Waals surface area (Å²) < 4.78 is 1.68. The Morgan fingerprint density at radius 2 is 2.12 bits per heavy atom. The Kier molecular flexibility index (Phi) is 4.36. The predicted octanol–water partition coefficient (Wildman–Crippen LogP) is 4.91. The molecule has 1 aromatic carbocycles. The molecular formula is C13H17Br2NO. The van der Waals surface area contributed by atoms with Gasteiger partial charge in [0.2, 0.25) is 0 Å². The molecule has 1 aliphatic carbocycles. The standard InChI is InChI=1S/C13H17Br2NO/c1-2-10(5-8-3-4-8)16-12-7-9(14)6-11(15)13(12)17/h6-8,10,16-17H,2-5H2,1H3. The van der Waals surface area contributed by atoms with Crippen molar-refractivity contribution in [1.29, 1.82) is 0 Å². The molecule has 0 radical (unpaired) electrons. The minimum absolute atomic E-state index is 0.294. The van der Waals surface area contributed by atoms with E-state index in [0.29, 0.717) is 11.8 Å². The van der Waals surface area contributed by atoms with Gasteiger partial charge in [-0.1, -0.05) is 35.7 Å². The number of rotatable bonds is 5. The van der Waals surface area contributed by atoms with E-state index >= 15 is 0 Å². The van der Waals surface area contributed by atoms with Gasteiger partial charge in [-0.25, -0.2) is 0 Å². The minimum Gasteiger partial charge on any atom is -0.505 e. The molecule has 0 spiro atoms. The summed E-state index contributed by atoms with van der Waals surface area (Å²) >= 11 is 6.79. The van der Waals surface area contributed by atoms with E-state index < -0.39 is 0 Å². The first-order valence-corrected chi connectivity index (χ1v) is 7.63. The van der Waals surface area contributed by atoms with Gasteiger partial charge in [0.05, 0.1) is 10.2 Å². The number of phenolic OH excluding ortho intramolecular Hbond substituents is 1. The summed E-state index contributed by atoms with van der Waals surface area (Å²) in [6.45, 7) is 2.18. The summed E-state index contributed by atoms with van der Waals surface area (Å²) in [6, 6.07) is 4.23. The number of benzene rings is 1. The lowest BCUT2D eigenvalue weighted by Crippen LogP contribution is -2.19. The normalized spacial score (nSPS) is 16.9. The number of halogens is 2. The number of hydrogen-bond donors (Lipinski definition) is 2. The van der Waals surface area contributed by atoms with Gasteiger partial charge < -0.3 is 10.4 Å². The van der Waals surface area contributed by atoms with Gasteiger partial charge in [-0.15, -0.1) is 0 Å². The molecular weight excluding hydrogens is 346 g/mol. The first-order valence-electron chi connectivity index (χ1n) is 6.04. The molecule has 1 aliphatic rings. The fourth-order valence-electron chi connectivity index (χ4n) is 1.98. The van der Waals surface area contributed by atoms with E-state index in [1.165, 1.54) is 19.3 Å². The molecule has 0 amide bonds. The van der Waals surface area contributed by atoms with Crippen molar-refractivity contribution in [2.24, 2.45) is 5.92 Å². The van der Waals surface area contributed by atoms with Crippen LogP contribution in [0.4, 0.5) is 5.69 Å². The van der Waals surface area contributed by atoms with Crippen LogP contribution in [0.1, 0.15) is 32.6 Å². The fourth-order valence-corrected chi connectivity index (χ4v) is 3.20. The Morgan fingerprint density at radius 1 is 1.41 bits per heavy atom. The Morgan fingerprint density at radius 3 is 2.71 bits per heavy atom. The summed E-state index contributed by atoms with van der Waals surface area (Å²) in [6.07, 6.45) is 5.03. The zero-order valence-electron chi connectivity index (χ0n) is 9.84. The van der Waals surface area contributed by atoms with Crippen molar-refractivity contribution < 1.29 is 5.11 Å². The molecule has 1 aromatic rings. The summed E-state index contributed by atoms with van der Waals surface area (Å²) in [7, 11) is 0. The smallest absolute Gasteiger partial charge is 0.152 e. The summed E-state index contributed by atoms with van der Waals surface area (Å²) in [5, 5.41) is 13.4. The van der Waals surface area contributed by atoms with E-state index in [1.807, 2.05) is 12.1 Å². The van der Waals surface area contributed by atoms with Gasteiger partial charge in [0.1, 0.15) is 0 Å². The van der Waals surface area contributed by atoms with Crippen LogP contribution in [0.25, 0.3) is 0 Å². The Bertz CT molecular complexity index is 405. The minimum atomic E-state index is 0.294. The van der Waals surface area contributed by atoms with Gasteiger partial charge in [0.15, 0.2) is 5.75 Å². The highest BCUT2D eigenvalue weighted by Gasteiger charge is 2.25. The van der Waals surface area contributed by atoms with Gasteiger partial charge in [-0.05, 0) is 46.8 Å². The summed E-state index contributed by atoms with van der Waals surface area (Å²) in [4.78, 5) is 0. The maximum atomic E-state index is 9.99. The van der Waals surface area contributed by atoms with Crippen LogP contribution in [0.2, 0.25) is 0 Å². The maximum Gasteiger partial charge on any atom is 0.152 e. The largest absolute Gasteiger partial charge is 0.505 e. The second-order valence-electron chi connectivity index (χ2n) is 4.71. The van der Waals surface area contributed by atoms with Crippen molar-refractivity contribution in [2.75, 3.05) is 5.32 Å². The van der Waals surface area contributed by atoms with Crippen molar-refractivity contribution in [2.45, 2.75) is 38.6 Å². The van der Waals surface area contributed by atoms with Gasteiger partial charge in [0.25, 0.3) is 0 Å². The van der Waals surface area contributed by atoms with Crippen LogP contribution in [0, 0.1) is 5.92 Å². The average Bonchev–Trinajstić information content (AvgIpc) is 3.08. The van der Waals surface area contributed by atoms with Gasteiger partial charge in [-0.3, -0.25) is 0 Å². The topological polar surface area (TPSA) is 32.3 Å². The van der Waals surface area contributed by atoms with Crippen molar-refractivity contribution in [3.05, 3.63) is 21.1 Å². The van der Waals surface area contributed by atoms with Crippen molar-refractivity contribution in [3.63, 3.8) is 0 Å². The molecule has 0 aliphatic heterocycles. The third-order valence-electron chi connectivity index (χ3n) is 3.20.